The molecule has 6 nitrogen and oxygen atoms in total. The van der Waals surface area contributed by atoms with Crippen LogP contribution in [-0.4, -0.2) is 35.6 Å². The Balaban J connectivity index is 1.23. The minimum atomic E-state index is -0.0855. The predicted octanol–water partition coefficient (Wildman–Crippen LogP) is 4.79. The van der Waals surface area contributed by atoms with E-state index in [1.165, 1.54) is 24.2 Å². The van der Waals surface area contributed by atoms with Gasteiger partial charge in [-0.1, -0.05) is 19.1 Å². The molecular formula is C25H30N4O2S. The Morgan fingerprint density at radius 1 is 1.28 bits per heavy atom. The molecule has 2 unspecified atom stereocenters. The minimum absolute atomic E-state index is 0.0855. The highest BCUT2D eigenvalue weighted by Crippen LogP contribution is 2.25. The maximum Gasteiger partial charge on any atom is 0.230 e. The van der Waals surface area contributed by atoms with Gasteiger partial charge in [-0.2, -0.15) is 0 Å². The average Bonchev–Trinajstić information content (AvgIpc) is 3.27. The van der Waals surface area contributed by atoms with E-state index < -0.39 is 0 Å². The number of rotatable bonds is 9. The fraction of sp³-hybridized carbons (Fsp3) is 0.400. The maximum atomic E-state index is 12.5. The number of pyridine rings is 1. The van der Waals surface area contributed by atoms with Crippen LogP contribution in [0.15, 0.2) is 54.2 Å². The Labute approximate surface area is 193 Å². The molecule has 7 heteroatoms. The highest BCUT2D eigenvalue weighted by molar-refractivity contribution is 7.14. The molecule has 2 atom stereocenters. The lowest BCUT2D eigenvalue weighted by atomic mass is 9.84. The van der Waals surface area contributed by atoms with E-state index in [4.69, 9.17) is 4.74 Å². The molecule has 1 aliphatic rings. The smallest absolute Gasteiger partial charge is 0.230 e. The standard InChI is InChI=1S/C25H30N4O2S/c1-18-16-27-12-7-20(18)5-3-13-31-22-6-2-4-19(14-22)15-24(30)29-25-28-23(17-32-25)21-8-10-26-11-9-21/h2,4,6,8-11,14,17-18,20,27H,3,5,7,12-13,15-16H2,1H3,(H,28,29,30). The summed E-state index contributed by atoms with van der Waals surface area (Å²) in [6.07, 6.45) is 7.28. The Hall–Kier alpha value is -2.77. The first-order valence-corrected chi connectivity index (χ1v) is 12.1. The number of thiazole rings is 1. The number of ether oxygens (including phenoxy) is 1. The highest BCUT2D eigenvalue weighted by Gasteiger charge is 2.20. The van der Waals surface area contributed by atoms with Gasteiger partial charge in [-0.25, -0.2) is 4.98 Å². The predicted molar refractivity (Wildman–Crippen MR) is 129 cm³/mol. The van der Waals surface area contributed by atoms with Crippen molar-refractivity contribution in [1.29, 1.82) is 0 Å². The molecule has 1 amide bonds. The molecule has 3 heterocycles. The quantitative estimate of drug-likeness (QED) is 0.459. The zero-order chi connectivity index (χ0) is 22.2. The molecule has 0 radical (unpaired) electrons. The SMILES string of the molecule is CC1CNCCC1CCCOc1cccc(CC(=O)Nc2nc(-c3ccncc3)cs2)c1. The number of carbonyl (C=O) groups is 1. The van der Waals surface area contributed by atoms with Gasteiger partial charge in [0.05, 0.1) is 18.7 Å². The van der Waals surface area contributed by atoms with Gasteiger partial charge in [0.25, 0.3) is 0 Å². The average molecular weight is 451 g/mol. The van der Waals surface area contributed by atoms with Crippen LogP contribution in [0, 0.1) is 11.8 Å². The molecule has 1 aliphatic heterocycles. The van der Waals surface area contributed by atoms with E-state index in [0.29, 0.717) is 11.7 Å². The topological polar surface area (TPSA) is 76.1 Å². The summed E-state index contributed by atoms with van der Waals surface area (Å²) in [5, 5.41) is 8.89. The van der Waals surface area contributed by atoms with E-state index in [2.05, 4.69) is 27.5 Å². The first-order chi connectivity index (χ1) is 15.7. The third-order valence-electron chi connectivity index (χ3n) is 5.94. The van der Waals surface area contributed by atoms with E-state index in [1.807, 2.05) is 41.8 Å². The zero-order valence-corrected chi connectivity index (χ0v) is 19.2. The van der Waals surface area contributed by atoms with Gasteiger partial charge in [0, 0.05) is 23.3 Å². The molecular weight excluding hydrogens is 420 g/mol. The Morgan fingerprint density at radius 3 is 3.00 bits per heavy atom. The number of amides is 1. The van der Waals surface area contributed by atoms with Crippen LogP contribution in [0.3, 0.4) is 0 Å². The normalized spacial score (nSPS) is 18.3. The molecule has 4 rings (SSSR count). The van der Waals surface area contributed by atoms with Crippen LogP contribution in [0.5, 0.6) is 5.75 Å². The van der Waals surface area contributed by atoms with Crippen molar-refractivity contribution < 1.29 is 9.53 Å². The van der Waals surface area contributed by atoms with Crippen molar-refractivity contribution in [2.45, 2.75) is 32.6 Å². The molecule has 1 aromatic carbocycles. The number of aromatic nitrogens is 2. The van der Waals surface area contributed by atoms with Crippen molar-refractivity contribution in [3.05, 3.63) is 59.7 Å². The number of carbonyl (C=O) groups excluding carboxylic acids is 1. The number of hydrogen-bond donors (Lipinski definition) is 2. The van der Waals surface area contributed by atoms with Crippen LogP contribution in [-0.2, 0) is 11.2 Å². The van der Waals surface area contributed by atoms with Crippen molar-refractivity contribution in [2.24, 2.45) is 11.8 Å². The summed E-state index contributed by atoms with van der Waals surface area (Å²) in [6, 6.07) is 11.6. The minimum Gasteiger partial charge on any atom is -0.494 e. The largest absolute Gasteiger partial charge is 0.494 e. The molecule has 3 aromatic rings. The summed E-state index contributed by atoms with van der Waals surface area (Å²) < 4.78 is 5.96. The maximum absolute atomic E-state index is 12.5. The van der Waals surface area contributed by atoms with Crippen molar-refractivity contribution in [3.8, 4) is 17.0 Å². The zero-order valence-electron chi connectivity index (χ0n) is 18.4. The van der Waals surface area contributed by atoms with E-state index in [1.54, 1.807) is 12.4 Å². The van der Waals surface area contributed by atoms with Gasteiger partial charge in [0.2, 0.25) is 5.91 Å². The third-order valence-corrected chi connectivity index (χ3v) is 6.70. The Morgan fingerprint density at radius 2 is 2.16 bits per heavy atom. The summed E-state index contributed by atoms with van der Waals surface area (Å²) >= 11 is 1.42. The first-order valence-electron chi connectivity index (χ1n) is 11.3. The van der Waals surface area contributed by atoms with Crippen molar-refractivity contribution in [2.75, 3.05) is 25.0 Å². The number of hydrogen-bond acceptors (Lipinski definition) is 6. The number of anilines is 1. The van der Waals surface area contributed by atoms with E-state index in [0.717, 1.165) is 53.9 Å². The van der Waals surface area contributed by atoms with Crippen LogP contribution in [0.4, 0.5) is 5.13 Å². The van der Waals surface area contributed by atoms with E-state index in [-0.39, 0.29) is 12.3 Å². The Bertz CT molecular complexity index is 1010. The lowest BCUT2D eigenvalue weighted by Crippen LogP contribution is -2.35. The van der Waals surface area contributed by atoms with Gasteiger partial charge in [-0.15, -0.1) is 11.3 Å². The van der Waals surface area contributed by atoms with Crippen LogP contribution < -0.4 is 15.4 Å². The first kappa shape index (κ1) is 22.4. The van der Waals surface area contributed by atoms with E-state index in [9.17, 15) is 4.79 Å². The van der Waals surface area contributed by atoms with Gasteiger partial charge >= 0.3 is 0 Å². The molecule has 1 fully saturated rings. The fourth-order valence-electron chi connectivity index (χ4n) is 4.11. The van der Waals surface area contributed by atoms with Crippen LogP contribution in [0.1, 0.15) is 31.7 Å². The molecule has 0 aliphatic carbocycles. The third kappa shape index (κ3) is 6.37. The molecule has 0 saturated carbocycles. The molecule has 2 N–H and O–H groups in total. The van der Waals surface area contributed by atoms with Gasteiger partial charge in [0.1, 0.15) is 5.75 Å². The highest BCUT2D eigenvalue weighted by atomic mass is 32.1. The van der Waals surface area contributed by atoms with Gasteiger partial charge in [-0.05, 0) is 74.0 Å². The van der Waals surface area contributed by atoms with Gasteiger partial charge in [0.15, 0.2) is 5.13 Å². The molecule has 0 bridgehead atoms. The summed E-state index contributed by atoms with van der Waals surface area (Å²) in [5.74, 6) is 2.27. The molecule has 168 valence electrons. The lowest BCUT2D eigenvalue weighted by Gasteiger charge is -2.29. The molecule has 32 heavy (non-hydrogen) atoms. The van der Waals surface area contributed by atoms with Gasteiger partial charge in [-0.3, -0.25) is 9.78 Å². The van der Waals surface area contributed by atoms with Crippen LogP contribution >= 0.6 is 11.3 Å². The molecule has 0 spiro atoms. The lowest BCUT2D eigenvalue weighted by molar-refractivity contribution is -0.115. The summed E-state index contributed by atoms with van der Waals surface area (Å²) in [7, 11) is 0. The number of nitrogens with one attached hydrogen (secondary N) is 2. The molecule has 2 aromatic heterocycles. The number of piperidine rings is 1. The second kappa shape index (κ2) is 11.2. The van der Waals surface area contributed by atoms with E-state index >= 15 is 0 Å². The summed E-state index contributed by atoms with van der Waals surface area (Å²) in [6.45, 7) is 5.30. The van der Waals surface area contributed by atoms with Crippen LogP contribution in [0.2, 0.25) is 0 Å². The molecule has 1 saturated heterocycles. The monoisotopic (exact) mass is 450 g/mol. The second-order valence-electron chi connectivity index (χ2n) is 8.37. The van der Waals surface area contributed by atoms with Crippen LogP contribution in [0.25, 0.3) is 11.3 Å². The number of benzene rings is 1. The number of nitrogens with zero attached hydrogens (tertiary/aromatic N) is 2. The van der Waals surface area contributed by atoms with Crippen molar-refractivity contribution in [1.82, 2.24) is 15.3 Å². The van der Waals surface area contributed by atoms with Crippen molar-refractivity contribution in [3.63, 3.8) is 0 Å². The summed E-state index contributed by atoms with van der Waals surface area (Å²) in [5.41, 5.74) is 2.75. The second-order valence-corrected chi connectivity index (χ2v) is 9.23. The fourth-order valence-corrected chi connectivity index (χ4v) is 4.85. The summed E-state index contributed by atoms with van der Waals surface area (Å²) in [4.78, 5) is 21.0. The van der Waals surface area contributed by atoms with Crippen molar-refractivity contribution >= 4 is 22.4 Å². The Kier molecular flexibility index (Phi) is 7.85. The van der Waals surface area contributed by atoms with Gasteiger partial charge < -0.3 is 15.4 Å².